The monoisotopic (exact) mass is 263 g/mol. The quantitative estimate of drug-likeness (QED) is 0.426. The van der Waals surface area contributed by atoms with E-state index in [1.54, 1.807) is 6.92 Å². The van der Waals surface area contributed by atoms with Crippen molar-refractivity contribution in [3.63, 3.8) is 0 Å². The summed E-state index contributed by atoms with van der Waals surface area (Å²) in [5.74, 6) is -0.471. The van der Waals surface area contributed by atoms with Gasteiger partial charge in [-0.15, -0.1) is 0 Å². The topological polar surface area (TPSA) is 63.7 Å². The maximum absolute atomic E-state index is 12.3. The number of amides is 2. The fraction of sp³-hybridized carbons (Fsp3) is 0.643. The zero-order valence-corrected chi connectivity index (χ0v) is 10.9. The van der Waals surface area contributed by atoms with Gasteiger partial charge in [0.1, 0.15) is 0 Å². The van der Waals surface area contributed by atoms with Gasteiger partial charge in [-0.2, -0.15) is 0 Å². The van der Waals surface area contributed by atoms with Gasteiger partial charge in [0.2, 0.25) is 11.8 Å². The third-order valence-electron chi connectivity index (χ3n) is 4.41. The molecule has 2 fully saturated rings. The zero-order chi connectivity index (χ0) is 13.6. The van der Waals surface area contributed by atoms with Gasteiger partial charge in [-0.3, -0.25) is 19.3 Å². The largest absolute Gasteiger partial charge is 0.466 e. The number of esters is 1. The maximum Gasteiger partial charge on any atom is 0.307 e. The highest BCUT2D eigenvalue weighted by molar-refractivity contribution is 6.06. The zero-order valence-electron chi connectivity index (χ0n) is 10.9. The van der Waals surface area contributed by atoms with E-state index in [1.807, 2.05) is 0 Å². The Morgan fingerprint density at radius 2 is 1.84 bits per heavy atom. The summed E-state index contributed by atoms with van der Waals surface area (Å²) in [6.07, 6.45) is 5.14. The molecule has 3 rings (SSSR count). The van der Waals surface area contributed by atoms with E-state index in [9.17, 15) is 14.4 Å². The minimum absolute atomic E-state index is 0.0908. The summed E-state index contributed by atoms with van der Waals surface area (Å²) in [5, 5.41) is 0. The molecule has 2 aliphatic carbocycles. The molecule has 0 aromatic carbocycles. The molecule has 0 spiro atoms. The van der Waals surface area contributed by atoms with Gasteiger partial charge in [0, 0.05) is 6.54 Å². The molecule has 1 saturated heterocycles. The lowest BCUT2D eigenvalue weighted by Gasteiger charge is -2.16. The Morgan fingerprint density at radius 1 is 1.26 bits per heavy atom. The molecule has 2 bridgehead atoms. The van der Waals surface area contributed by atoms with Crippen LogP contribution in [-0.2, 0) is 19.1 Å². The Kier molecular flexibility index (Phi) is 2.92. The van der Waals surface area contributed by atoms with Gasteiger partial charge in [-0.25, -0.2) is 0 Å². The van der Waals surface area contributed by atoms with Crippen molar-refractivity contribution in [3.8, 4) is 0 Å². The number of rotatable bonds is 4. The van der Waals surface area contributed by atoms with Crippen molar-refractivity contribution < 1.29 is 19.1 Å². The third-order valence-corrected chi connectivity index (χ3v) is 4.41. The molecule has 3 aliphatic rings. The van der Waals surface area contributed by atoms with Crippen LogP contribution < -0.4 is 0 Å². The van der Waals surface area contributed by atoms with Crippen LogP contribution in [-0.4, -0.2) is 35.8 Å². The fourth-order valence-corrected chi connectivity index (χ4v) is 3.62. The van der Waals surface area contributed by atoms with Gasteiger partial charge in [-0.05, 0) is 25.2 Å². The molecule has 1 heterocycles. The Labute approximate surface area is 111 Å². The van der Waals surface area contributed by atoms with Crippen LogP contribution in [0.1, 0.15) is 19.8 Å². The molecular weight excluding hydrogens is 246 g/mol. The predicted molar refractivity (Wildman–Crippen MR) is 65.7 cm³/mol. The number of ether oxygens (including phenoxy) is 1. The van der Waals surface area contributed by atoms with E-state index in [-0.39, 0.29) is 54.4 Å². The second-order valence-corrected chi connectivity index (χ2v) is 5.38. The third kappa shape index (κ3) is 1.79. The van der Waals surface area contributed by atoms with E-state index >= 15 is 0 Å². The summed E-state index contributed by atoms with van der Waals surface area (Å²) in [7, 11) is 0. The van der Waals surface area contributed by atoms with Crippen molar-refractivity contribution in [3.05, 3.63) is 12.2 Å². The van der Waals surface area contributed by atoms with Crippen molar-refractivity contribution in [2.24, 2.45) is 23.7 Å². The fourth-order valence-electron chi connectivity index (χ4n) is 3.62. The minimum Gasteiger partial charge on any atom is -0.466 e. The van der Waals surface area contributed by atoms with E-state index in [1.165, 1.54) is 4.90 Å². The number of nitrogens with zero attached hydrogens (tertiary/aromatic N) is 1. The predicted octanol–water partition coefficient (Wildman–Crippen LogP) is 0.747. The average Bonchev–Trinajstić information content (AvgIpc) is 3.03. The van der Waals surface area contributed by atoms with Gasteiger partial charge in [-0.1, -0.05) is 12.2 Å². The van der Waals surface area contributed by atoms with Crippen LogP contribution in [0.5, 0.6) is 0 Å². The first-order valence-corrected chi connectivity index (χ1v) is 6.82. The summed E-state index contributed by atoms with van der Waals surface area (Å²) in [5.41, 5.74) is 0. The normalized spacial score (nSPS) is 35.1. The van der Waals surface area contributed by atoms with Gasteiger partial charge >= 0.3 is 5.97 Å². The molecule has 4 atom stereocenters. The molecule has 1 aliphatic heterocycles. The molecule has 0 N–H and O–H groups in total. The van der Waals surface area contributed by atoms with E-state index in [0.29, 0.717) is 6.61 Å². The van der Waals surface area contributed by atoms with E-state index in [2.05, 4.69) is 12.2 Å². The van der Waals surface area contributed by atoms with E-state index in [0.717, 1.165) is 6.42 Å². The number of fused-ring (bicyclic) bond motifs is 5. The Hall–Kier alpha value is -1.65. The lowest BCUT2D eigenvalue weighted by Crippen LogP contribution is -2.35. The highest BCUT2D eigenvalue weighted by Gasteiger charge is 2.58. The van der Waals surface area contributed by atoms with Crippen LogP contribution in [0.15, 0.2) is 12.2 Å². The first kappa shape index (κ1) is 12.4. The van der Waals surface area contributed by atoms with Gasteiger partial charge in [0.15, 0.2) is 0 Å². The number of likely N-dealkylation sites (tertiary alicyclic amines) is 1. The first-order valence-electron chi connectivity index (χ1n) is 6.82. The molecule has 0 aromatic heterocycles. The standard InChI is InChI=1S/C14H17NO4/c1-2-19-10(16)5-6-15-13(17)11-8-3-4-9(7-8)12(11)14(15)18/h3-4,8-9,11-12H,2,5-7H2,1H3/t8-,9-,11-,12-/m0/s1. The van der Waals surface area contributed by atoms with Crippen LogP contribution in [0.2, 0.25) is 0 Å². The average molecular weight is 263 g/mol. The maximum atomic E-state index is 12.3. The number of hydrogen-bond donors (Lipinski definition) is 0. The van der Waals surface area contributed by atoms with Crippen LogP contribution in [0.3, 0.4) is 0 Å². The number of imide groups is 1. The van der Waals surface area contributed by atoms with Crippen molar-refractivity contribution in [2.75, 3.05) is 13.2 Å². The molecule has 102 valence electrons. The number of hydrogen-bond acceptors (Lipinski definition) is 4. The molecule has 0 radical (unpaired) electrons. The Bertz CT molecular complexity index is 440. The molecule has 5 nitrogen and oxygen atoms in total. The van der Waals surface area contributed by atoms with Crippen LogP contribution in [0, 0.1) is 23.7 Å². The molecule has 0 aromatic rings. The molecule has 5 heteroatoms. The number of allylic oxidation sites excluding steroid dienone is 2. The molecule has 19 heavy (non-hydrogen) atoms. The van der Waals surface area contributed by atoms with Crippen molar-refractivity contribution >= 4 is 17.8 Å². The van der Waals surface area contributed by atoms with Gasteiger partial charge in [0.25, 0.3) is 0 Å². The SMILES string of the molecule is CCOC(=O)CCN1C(=O)[C@@H]2[C@@H](C1=O)[C@H]1C=C[C@H]2C1. The molecular formula is C14H17NO4. The van der Waals surface area contributed by atoms with Crippen LogP contribution in [0.25, 0.3) is 0 Å². The number of carbonyl (C=O) groups is 3. The number of carbonyl (C=O) groups excluding carboxylic acids is 3. The first-order chi connectivity index (χ1) is 9.13. The lowest BCUT2D eigenvalue weighted by atomic mass is 9.85. The highest BCUT2D eigenvalue weighted by Crippen LogP contribution is 2.52. The van der Waals surface area contributed by atoms with Crippen molar-refractivity contribution in [1.82, 2.24) is 4.90 Å². The minimum atomic E-state index is -0.360. The molecule has 1 saturated carbocycles. The summed E-state index contributed by atoms with van der Waals surface area (Å²) < 4.78 is 4.82. The van der Waals surface area contributed by atoms with Crippen molar-refractivity contribution in [1.29, 1.82) is 0 Å². The van der Waals surface area contributed by atoms with E-state index in [4.69, 9.17) is 4.74 Å². The smallest absolute Gasteiger partial charge is 0.307 e. The Balaban J connectivity index is 1.67. The van der Waals surface area contributed by atoms with Crippen LogP contribution >= 0.6 is 0 Å². The van der Waals surface area contributed by atoms with Gasteiger partial charge in [0.05, 0.1) is 24.9 Å². The summed E-state index contributed by atoms with van der Waals surface area (Å²) in [6.45, 7) is 2.21. The summed E-state index contributed by atoms with van der Waals surface area (Å²) >= 11 is 0. The van der Waals surface area contributed by atoms with Crippen LogP contribution in [0.4, 0.5) is 0 Å². The second-order valence-electron chi connectivity index (χ2n) is 5.38. The highest BCUT2D eigenvalue weighted by atomic mass is 16.5. The molecule has 2 amide bonds. The Morgan fingerprint density at radius 3 is 2.37 bits per heavy atom. The van der Waals surface area contributed by atoms with Gasteiger partial charge < -0.3 is 4.74 Å². The van der Waals surface area contributed by atoms with Crippen molar-refractivity contribution in [2.45, 2.75) is 19.8 Å². The molecule has 0 unspecified atom stereocenters. The summed E-state index contributed by atoms with van der Waals surface area (Å²) in [4.78, 5) is 37.1. The summed E-state index contributed by atoms with van der Waals surface area (Å²) in [6, 6.07) is 0. The van der Waals surface area contributed by atoms with E-state index < -0.39 is 0 Å². The lowest BCUT2D eigenvalue weighted by molar-refractivity contribution is -0.145. The second kappa shape index (κ2) is 4.47.